The standard InChI is InChI=1S/C22H28N4O3S/c1-17-10-11-23-22(24-17)30-16-21(28)25-26(12-3-4-13-26)14-5-15-29-20-8-6-19(7-9-20)18(2)27/h6-11H,3-5,12-16H2,1-2H3/p+1. The maximum absolute atomic E-state index is 12.5. The second kappa shape index (κ2) is 10.5. The number of quaternary nitrogens is 1. The smallest absolute Gasteiger partial charge is 0.275 e. The van der Waals surface area contributed by atoms with Crippen LogP contribution in [0.3, 0.4) is 0 Å². The number of rotatable bonds is 10. The van der Waals surface area contributed by atoms with Gasteiger partial charge < -0.3 is 4.74 Å². The molecule has 8 heteroatoms. The molecule has 1 aromatic heterocycles. The predicted octanol–water partition coefficient (Wildman–Crippen LogP) is 3.19. The van der Waals surface area contributed by atoms with Crippen LogP contribution in [0.15, 0.2) is 41.7 Å². The van der Waals surface area contributed by atoms with E-state index < -0.39 is 0 Å². The average molecular weight is 430 g/mol. The Morgan fingerprint density at radius 1 is 1.17 bits per heavy atom. The third-order valence-corrected chi connectivity index (χ3v) is 6.01. The number of ether oxygens (including phenoxy) is 1. The van der Waals surface area contributed by atoms with Gasteiger partial charge >= 0.3 is 0 Å². The summed E-state index contributed by atoms with van der Waals surface area (Å²) in [6.45, 7) is 6.77. The van der Waals surface area contributed by atoms with E-state index in [1.807, 2.05) is 25.1 Å². The molecule has 0 bridgehead atoms. The molecule has 30 heavy (non-hydrogen) atoms. The fourth-order valence-corrected chi connectivity index (χ4v) is 4.27. The number of aromatic nitrogens is 2. The number of nitrogens with zero attached hydrogens (tertiary/aromatic N) is 3. The first-order valence-corrected chi connectivity index (χ1v) is 11.3. The molecule has 1 amide bonds. The summed E-state index contributed by atoms with van der Waals surface area (Å²) in [7, 11) is 0. The van der Waals surface area contributed by atoms with Crippen LogP contribution in [0.1, 0.15) is 42.2 Å². The summed E-state index contributed by atoms with van der Waals surface area (Å²) in [5.74, 6) is 1.12. The third kappa shape index (κ3) is 6.53. The number of aryl methyl sites for hydroxylation is 1. The molecule has 2 aromatic rings. The number of carbonyl (C=O) groups excluding carboxylic acids is 2. The van der Waals surface area contributed by atoms with Crippen molar-refractivity contribution >= 4 is 23.5 Å². The van der Waals surface area contributed by atoms with Crippen LogP contribution < -0.4 is 10.2 Å². The molecule has 1 N–H and O–H groups in total. The van der Waals surface area contributed by atoms with E-state index in [1.54, 1.807) is 25.3 Å². The van der Waals surface area contributed by atoms with E-state index in [4.69, 9.17) is 4.74 Å². The van der Waals surface area contributed by atoms with Crippen LogP contribution in [-0.2, 0) is 4.79 Å². The molecular weight excluding hydrogens is 400 g/mol. The molecular formula is C22H29N4O3S+. The van der Waals surface area contributed by atoms with E-state index in [-0.39, 0.29) is 11.7 Å². The summed E-state index contributed by atoms with van der Waals surface area (Å²) in [5, 5.41) is 0.627. The molecule has 0 saturated carbocycles. The predicted molar refractivity (Wildman–Crippen MR) is 116 cm³/mol. The number of hydrogen-bond donors (Lipinski definition) is 1. The highest BCUT2D eigenvalue weighted by Gasteiger charge is 2.34. The highest BCUT2D eigenvalue weighted by molar-refractivity contribution is 7.99. The van der Waals surface area contributed by atoms with Gasteiger partial charge in [-0.15, -0.1) is 0 Å². The molecule has 0 spiro atoms. The van der Waals surface area contributed by atoms with Crippen molar-refractivity contribution in [2.45, 2.75) is 38.3 Å². The van der Waals surface area contributed by atoms with E-state index in [0.29, 0.717) is 27.7 Å². The van der Waals surface area contributed by atoms with Gasteiger partial charge in [-0.25, -0.2) is 20.0 Å². The Hall–Kier alpha value is -2.45. The average Bonchev–Trinajstić information content (AvgIpc) is 3.18. The van der Waals surface area contributed by atoms with Gasteiger partial charge in [0.1, 0.15) is 25.4 Å². The Kier molecular flexibility index (Phi) is 7.81. The summed E-state index contributed by atoms with van der Waals surface area (Å²) in [5.41, 5.74) is 4.80. The van der Waals surface area contributed by atoms with Gasteiger partial charge in [0, 0.05) is 36.7 Å². The number of thioether (sulfide) groups is 1. The van der Waals surface area contributed by atoms with Gasteiger partial charge in [-0.3, -0.25) is 9.59 Å². The fraction of sp³-hybridized carbons (Fsp3) is 0.455. The maximum Gasteiger partial charge on any atom is 0.275 e. The van der Waals surface area contributed by atoms with Gasteiger partial charge in [0.2, 0.25) is 0 Å². The minimum atomic E-state index is 0.00717. The van der Waals surface area contributed by atoms with Crippen LogP contribution in [0.5, 0.6) is 5.75 Å². The van der Waals surface area contributed by atoms with Gasteiger partial charge in [-0.2, -0.15) is 0 Å². The van der Waals surface area contributed by atoms with Crippen molar-refractivity contribution < 1.29 is 18.9 Å². The number of likely N-dealkylation sites (tertiary alicyclic amines) is 1. The first-order chi connectivity index (χ1) is 14.5. The SMILES string of the molecule is CC(=O)c1ccc(OCCC[N+]2(NC(=O)CSc3nccc(C)n3)CCCC2)cc1. The van der Waals surface area contributed by atoms with Crippen molar-refractivity contribution in [3.05, 3.63) is 47.8 Å². The maximum atomic E-state index is 12.5. The van der Waals surface area contributed by atoms with Crippen molar-refractivity contribution in [3.63, 3.8) is 0 Å². The Labute approximate surface area is 181 Å². The fourth-order valence-electron chi connectivity index (χ4n) is 3.60. The molecule has 0 aliphatic carbocycles. The molecule has 2 heterocycles. The molecule has 0 radical (unpaired) electrons. The van der Waals surface area contributed by atoms with E-state index in [0.717, 1.165) is 50.3 Å². The topological polar surface area (TPSA) is 81.2 Å². The Morgan fingerprint density at radius 3 is 2.57 bits per heavy atom. The van der Waals surface area contributed by atoms with E-state index >= 15 is 0 Å². The van der Waals surface area contributed by atoms with Crippen molar-refractivity contribution in [2.24, 2.45) is 0 Å². The van der Waals surface area contributed by atoms with Crippen molar-refractivity contribution in [3.8, 4) is 5.75 Å². The summed E-state index contributed by atoms with van der Waals surface area (Å²) >= 11 is 1.36. The lowest BCUT2D eigenvalue weighted by Crippen LogP contribution is -2.59. The first-order valence-electron chi connectivity index (χ1n) is 10.3. The van der Waals surface area contributed by atoms with Crippen LogP contribution in [0.4, 0.5) is 0 Å². The molecule has 1 aliphatic rings. The van der Waals surface area contributed by atoms with Crippen molar-refractivity contribution in [1.29, 1.82) is 0 Å². The summed E-state index contributed by atoms with van der Waals surface area (Å²) in [4.78, 5) is 32.4. The van der Waals surface area contributed by atoms with Gasteiger partial charge in [0.05, 0.1) is 12.4 Å². The molecule has 0 unspecified atom stereocenters. The largest absolute Gasteiger partial charge is 0.493 e. The zero-order valence-electron chi connectivity index (χ0n) is 17.6. The van der Waals surface area contributed by atoms with Crippen LogP contribution in [0, 0.1) is 6.92 Å². The third-order valence-electron chi connectivity index (χ3n) is 5.15. The van der Waals surface area contributed by atoms with Crippen LogP contribution in [-0.4, -0.2) is 58.2 Å². The number of benzene rings is 1. The van der Waals surface area contributed by atoms with E-state index in [2.05, 4.69) is 15.4 Å². The lowest BCUT2D eigenvalue weighted by Gasteiger charge is -2.33. The highest BCUT2D eigenvalue weighted by atomic mass is 32.2. The molecule has 1 fully saturated rings. The Bertz CT molecular complexity index is 867. The number of hydrogen-bond acceptors (Lipinski definition) is 6. The molecule has 7 nitrogen and oxygen atoms in total. The molecule has 160 valence electrons. The second-order valence-corrected chi connectivity index (χ2v) is 8.55. The van der Waals surface area contributed by atoms with Crippen LogP contribution in [0.2, 0.25) is 0 Å². The summed E-state index contributed by atoms with van der Waals surface area (Å²) in [6, 6.07) is 9.05. The Morgan fingerprint density at radius 2 is 1.90 bits per heavy atom. The first kappa shape index (κ1) is 22.2. The lowest BCUT2D eigenvalue weighted by molar-refractivity contribution is -0.950. The highest BCUT2D eigenvalue weighted by Crippen LogP contribution is 2.19. The minimum Gasteiger partial charge on any atom is -0.493 e. The molecule has 0 atom stereocenters. The number of amides is 1. The molecule has 1 aromatic carbocycles. The van der Waals surface area contributed by atoms with E-state index in [9.17, 15) is 9.59 Å². The summed E-state index contributed by atoms with van der Waals surface area (Å²) in [6.07, 6.45) is 4.77. The van der Waals surface area contributed by atoms with Crippen molar-refractivity contribution in [1.82, 2.24) is 15.4 Å². The zero-order valence-corrected chi connectivity index (χ0v) is 18.4. The van der Waals surface area contributed by atoms with Gasteiger partial charge in [-0.1, -0.05) is 11.8 Å². The lowest BCUT2D eigenvalue weighted by atomic mass is 10.1. The number of Topliss-reactive ketones (excluding diaryl/α,β-unsaturated/α-hetero) is 1. The molecule has 3 rings (SSSR count). The van der Waals surface area contributed by atoms with Gasteiger partial charge in [0.25, 0.3) is 5.91 Å². The van der Waals surface area contributed by atoms with Gasteiger partial charge in [-0.05, 0) is 44.2 Å². The Balaban J connectivity index is 1.44. The zero-order chi connectivity index (χ0) is 21.4. The van der Waals surface area contributed by atoms with Crippen molar-refractivity contribution in [2.75, 3.05) is 32.0 Å². The quantitative estimate of drug-likeness (QED) is 0.205. The van der Waals surface area contributed by atoms with Crippen LogP contribution in [0.25, 0.3) is 0 Å². The molecule has 1 aliphatic heterocycles. The van der Waals surface area contributed by atoms with Gasteiger partial charge in [0.15, 0.2) is 10.9 Å². The minimum absolute atomic E-state index is 0.00717. The van der Waals surface area contributed by atoms with Crippen LogP contribution >= 0.6 is 11.8 Å². The second-order valence-electron chi connectivity index (χ2n) is 7.61. The number of ketones is 1. The summed E-state index contributed by atoms with van der Waals surface area (Å²) < 4.78 is 6.42. The normalized spacial score (nSPS) is 15.0. The van der Waals surface area contributed by atoms with E-state index in [1.165, 1.54) is 11.8 Å². The number of carbonyl (C=O) groups is 2. The monoisotopic (exact) mass is 429 g/mol. The molecule has 1 saturated heterocycles. The number of nitrogens with one attached hydrogen (secondary N) is 1.